The summed E-state index contributed by atoms with van der Waals surface area (Å²) in [5.74, 6) is -0.959. The number of aromatic hydroxyl groups is 1. The number of hydrogen-bond donors (Lipinski definition) is 3. The van der Waals surface area contributed by atoms with Crippen molar-refractivity contribution < 1.29 is 104 Å². The van der Waals surface area contributed by atoms with Crippen LogP contribution in [0.1, 0.15) is 23.7 Å². The molecule has 2 aromatic rings. The van der Waals surface area contributed by atoms with E-state index in [9.17, 15) is 29.7 Å². The quantitative estimate of drug-likeness (QED) is 0.201. The molecule has 0 saturated carbocycles. The van der Waals surface area contributed by atoms with Crippen LogP contribution in [0.5, 0.6) is 23.0 Å². The van der Waals surface area contributed by atoms with Gasteiger partial charge in [0, 0.05) is 11.1 Å². The average Bonchev–Trinajstić information content (AvgIpc) is 2.66. The first kappa shape index (κ1) is 29.5. The molecule has 0 atom stereocenters. The second-order valence-electron chi connectivity index (χ2n) is 5.58. The largest absolute Gasteiger partial charge is 1.00 e. The molecular weight excluding hydrogens is 437 g/mol. The summed E-state index contributed by atoms with van der Waals surface area (Å²) in [5, 5.41) is 29.2. The average molecular weight is 457 g/mol. The van der Waals surface area contributed by atoms with Crippen molar-refractivity contribution in [1.29, 1.82) is 0 Å². The van der Waals surface area contributed by atoms with E-state index in [2.05, 4.69) is 4.52 Å². The zero-order chi connectivity index (χ0) is 20.9. The molecular formula is C18H20Na2O9P-. The molecule has 0 heterocycles. The SMILES string of the molecule is COc1cc(/C=C\c2ccc(OC)c(OP(=O)([O-])[O-])c2O)cc(CO)c1CO.[H-].[Na+].[Na+]. The third kappa shape index (κ3) is 7.55. The molecule has 0 saturated heterocycles. The van der Waals surface area contributed by atoms with E-state index in [0.717, 1.165) is 0 Å². The minimum Gasteiger partial charge on any atom is -1.00 e. The minimum absolute atomic E-state index is 0. The van der Waals surface area contributed by atoms with Crippen LogP contribution in [0.4, 0.5) is 0 Å². The maximum atomic E-state index is 10.9. The third-order valence-corrected chi connectivity index (χ3v) is 4.28. The standard InChI is InChI=1S/C18H21O9P.2Na.H/c1-25-15-6-5-12(17(21)18(15)27-28(22,23)24)4-3-11-7-13(9-19)14(10-20)16(8-11)26-2;;;/h3-8,19-21H,9-10H2,1-2H3,(H2,22,23,24);;;/q;2*+1;-1/p-2/b4-3-;;;. The van der Waals surface area contributed by atoms with Crippen molar-refractivity contribution in [3.8, 4) is 23.0 Å². The molecule has 0 aliphatic carbocycles. The van der Waals surface area contributed by atoms with E-state index in [1.54, 1.807) is 18.2 Å². The van der Waals surface area contributed by atoms with E-state index >= 15 is 0 Å². The Kier molecular flexibility index (Phi) is 12.9. The molecule has 0 radical (unpaired) electrons. The van der Waals surface area contributed by atoms with Gasteiger partial charge in [-0.1, -0.05) is 12.2 Å². The fourth-order valence-corrected chi connectivity index (χ4v) is 2.97. The Bertz CT molecular complexity index is 909. The van der Waals surface area contributed by atoms with Gasteiger partial charge in [0.15, 0.2) is 11.5 Å². The molecule has 0 fully saturated rings. The fraction of sp³-hybridized carbons (Fsp3) is 0.222. The molecule has 2 rings (SSSR count). The molecule has 2 aromatic carbocycles. The zero-order valence-electron chi connectivity index (χ0n) is 18.1. The predicted octanol–water partition coefficient (Wildman–Crippen LogP) is -5.11. The van der Waals surface area contributed by atoms with E-state index in [1.807, 2.05) is 0 Å². The van der Waals surface area contributed by atoms with Crippen LogP contribution in [0, 0.1) is 0 Å². The number of benzene rings is 2. The van der Waals surface area contributed by atoms with Gasteiger partial charge in [0.25, 0.3) is 0 Å². The molecule has 3 N–H and O–H groups in total. The Morgan fingerprint density at radius 3 is 2.17 bits per heavy atom. The van der Waals surface area contributed by atoms with Crippen molar-refractivity contribution in [2.75, 3.05) is 14.2 Å². The number of phosphoric acid groups is 1. The summed E-state index contributed by atoms with van der Waals surface area (Å²) in [6.07, 6.45) is 3.00. The summed E-state index contributed by atoms with van der Waals surface area (Å²) in [4.78, 5) is 21.8. The van der Waals surface area contributed by atoms with Gasteiger partial charge in [-0.3, -0.25) is 0 Å². The van der Waals surface area contributed by atoms with Crippen molar-refractivity contribution in [2.24, 2.45) is 0 Å². The van der Waals surface area contributed by atoms with Crippen LogP contribution in [0.3, 0.4) is 0 Å². The van der Waals surface area contributed by atoms with Crippen LogP contribution in [-0.2, 0) is 17.8 Å². The Morgan fingerprint density at radius 1 is 1.03 bits per heavy atom. The van der Waals surface area contributed by atoms with Crippen LogP contribution in [0.25, 0.3) is 12.2 Å². The molecule has 30 heavy (non-hydrogen) atoms. The summed E-state index contributed by atoms with van der Waals surface area (Å²) in [5.41, 5.74) is 1.64. The molecule has 0 bridgehead atoms. The summed E-state index contributed by atoms with van der Waals surface area (Å²) in [7, 11) is -2.77. The van der Waals surface area contributed by atoms with Gasteiger partial charge in [-0.05, 0) is 35.4 Å². The van der Waals surface area contributed by atoms with Gasteiger partial charge >= 0.3 is 59.1 Å². The fourth-order valence-electron chi connectivity index (χ4n) is 2.57. The first-order valence-electron chi connectivity index (χ1n) is 7.95. The maximum Gasteiger partial charge on any atom is 1.00 e. The van der Waals surface area contributed by atoms with Crippen molar-refractivity contribution in [2.45, 2.75) is 13.2 Å². The van der Waals surface area contributed by atoms with E-state index in [4.69, 9.17) is 9.47 Å². The van der Waals surface area contributed by atoms with Gasteiger partial charge in [-0.2, -0.15) is 0 Å². The Labute approximate surface area is 219 Å². The van der Waals surface area contributed by atoms with Gasteiger partial charge < -0.3 is 45.1 Å². The van der Waals surface area contributed by atoms with Gasteiger partial charge in [-0.25, -0.2) is 0 Å². The van der Waals surface area contributed by atoms with Gasteiger partial charge in [0.05, 0.1) is 27.4 Å². The number of phosphoric ester groups is 1. The van der Waals surface area contributed by atoms with Crippen molar-refractivity contribution in [1.82, 2.24) is 0 Å². The van der Waals surface area contributed by atoms with Crippen LogP contribution < -0.4 is 82.9 Å². The van der Waals surface area contributed by atoms with Crippen molar-refractivity contribution in [3.63, 3.8) is 0 Å². The summed E-state index contributed by atoms with van der Waals surface area (Å²) >= 11 is 0. The zero-order valence-corrected chi connectivity index (χ0v) is 22.0. The molecule has 0 aromatic heterocycles. The predicted molar refractivity (Wildman–Crippen MR) is 97.8 cm³/mol. The van der Waals surface area contributed by atoms with Gasteiger partial charge in [0.2, 0.25) is 5.75 Å². The number of hydrogen-bond acceptors (Lipinski definition) is 9. The van der Waals surface area contributed by atoms with Gasteiger partial charge in [-0.15, -0.1) is 0 Å². The number of phenolic OH excluding ortho intramolecular Hbond substituents is 1. The number of ether oxygens (including phenoxy) is 2. The first-order chi connectivity index (χ1) is 13.2. The normalized spacial score (nSPS) is 10.9. The number of aliphatic hydroxyl groups excluding tert-OH is 2. The smallest absolute Gasteiger partial charge is 1.00 e. The Morgan fingerprint density at radius 2 is 1.67 bits per heavy atom. The molecule has 12 heteroatoms. The number of rotatable bonds is 8. The Hall–Kier alpha value is -0.550. The van der Waals surface area contributed by atoms with Gasteiger partial charge in [0.1, 0.15) is 13.6 Å². The van der Waals surface area contributed by atoms with Crippen molar-refractivity contribution >= 4 is 20.0 Å². The summed E-state index contributed by atoms with van der Waals surface area (Å²) in [6.45, 7) is -0.629. The molecule has 0 unspecified atom stereocenters. The van der Waals surface area contributed by atoms with Crippen LogP contribution in [0.2, 0.25) is 0 Å². The number of methoxy groups -OCH3 is 2. The van der Waals surface area contributed by atoms with E-state index in [1.165, 1.54) is 32.4 Å². The van der Waals surface area contributed by atoms with E-state index < -0.39 is 19.3 Å². The number of aliphatic hydroxyl groups is 2. The monoisotopic (exact) mass is 457 g/mol. The Balaban J connectivity index is 0. The van der Waals surface area contributed by atoms with Crippen LogP contribution in [-0.4, -0.2) is 29.5 Å². The topological polar surface area (TPSA) is 152 Å². The second kappa shape index (κ2) is 13.1. The van der Waals surface area contributed by atoms with Crippen molar-refractivity contribution in [3.05, 3.63) is 46.5 Å². The third-order valence-electron chi connectivity index (χ3n) is 3.88. The first-order valence-corrected chi connectivity index (χ1v) is 9.41. The molecule has 0 aliphatic rings. The minimum atomic E-state index is -5.41. The second-order valence-corrected chi connectivity index (χ2v) is 6.66. The van der Waals surface area contributed by atoms with E-state index in [0.29, 0.717) is 22.4 Å². The summed E-state index contributed by atoms with van der Waals surface area (Å²) < 4.78 is 25.3. The van der Waals surface area contributed by atoms with E-state index in [-0.39, 0.29) is 85.1 Å². The maximum absolute atomic E-state index is 10.9. The number of phenols is 1. The molecule has 9 nitrogen and oxygen atoms in total. The molecule has 0 aliphatic heterocycles. The molecule has 154 valence electrons. The van der Waals surface area contributed by atoms with Crippen LogP contribution >= 0.6 is 7.82 Å². The van der Waals surface area contributed by atoms with Crippen LogP contribution in [0.15, 0.2) is 24.3 Å². The molecule has 0 amide bonds. The summed E-state index contributed by atoms with van der Waals surface area (Å²) in [6, 6.07) is 6.00. The molecule has 0 spiro atoms.